The molecule has 4 heteroatoms. The molecule has 1 fully saturated rings. The van der Waals surface area contributed by atoms with Crippen molar-refractivity contribution < 1.29 is 9.53 Å². The largest absolute Gasteiger partial charge is 0.491 e. The monoisotopic (exact) mass is 274 g/mol. The van der Waals surface area contributed by atoms with Crippen LogP contribution in [0.3, 0.4) is 0 Å². The Bertz CT molecular complexity index is 480. The van der Waals surface area contributed by atoms with Gasteiger partial charge in [-0.2, -0.15) is 0 Å². The molecule has 0 spiro atoms. The van der Waals surface area contributed by atoms with E-state index in [9.17, 15) is 4.79 Å². The topological polar surface area (TPSA) is 55.6 Å². The first-order chi connectivity index (χ1) is 9.54. The smallest absolute Gasteiger partial charge is 0.246 e. The van der Waals surface area contributed by atoms with Crippen LogP contribution in [0.15, 0.2) is 30.3 Å². The molecule has 1 amide bonds. The Morgan fingerprint density at radius 3 is 2.65 bits per heavy atom. The maximum atomic E-state index is 11.9. The van der Waals surface area contributed by atoms with Crippen LogP contribution in [0.2, 0.25) is 0 Å². The Kier molecular flexibility index (Phi) is 4.79. The van der Waals surface area contributed by atoms with Crippen molar-refractivity contribution in [3.05, 3.63) is 35.9 Å². The van der Waals surface area contributed by atoms with Crippen LogP contribution in [0.5, 0.6) is 5.75 Å². The first-order valence-electron chi connectivity index (χ1n) is 7.04. The van der Waals surface area contributed by atoms with Gasteiger partial charge in [0.05, 0.1) is 6.10 Å². The Balaban J connectivity index is 1.92. The number of carbonyl (C=O) groups excluding carboxylic acids is 1. The highest BCUT2D eigenvalue weighted by molar-refractivity contribution is 5.92. The Hall–Kier alpha value is -1.81. The van der Waals surface area contributed by atoms with Gasteiger partial charge < -0.3 is 15.4 Å². The molecule has 1 aliphatic rings. The normalized spacial score (nSPS) is 19.0. The van der Waals surface area contributed by atoms with Gasteiger partial charge in [0, 0.05) is 25.2 Å². The summed E-state index contributed by atoms with van der Waals surface area (Å²) in [5.74, 6) is 0.870. The third-order valence-corrected chi connectivity index (χ3v) is 3.21. The number of hydrogen-bond acceptors (Lipinski definition) is 3. The van der Waals surface area contributed by atoms with Crippen molar-refractivity contribution in [3.63, 3.8) is 0 Å². The fourth-order valence-electron chi connectivity index (χ4n) is 2.19. The number of likely N-dealkylation sites (tertiary alicyclic amines) is 1. The number of amides is 1. The van der Waals surface area contributed by atoms with Crippen LogP contribution in [0.25, 0.3) is 6.08 Å². The maximum absolute atomic E-state index is 11.9. The van der Waals surface area contributed by atoms with Gasteiger partial charge in [0.1, 0.15) is 5.75 Å². The molecule has 0 aliphatic carbocycles. The minimum Gasteiger partial charge on any atom is -0.491 e. The maximum Gasteiger partial charge on any atom is 0.246 e. The molecule has 0 unspecified atom stereocenters. The quantitative estimate of drug-likeness (QED) is 0.855. The summed E-state index contributed by atoms with van der Waals surface area (Å²) in [6, 6.07) is 7.83. The third kappa shape index (κ3) is 4.10. The van der Waals surface area contributed by atoms with Gasteiger partial charge in [-0.05, 0) is 44.0 Å². The molecular formula is C16H22N2O2. The Labute approximate surface area is 120 Å². The van der Waals surface area contributed by atoms with E-state index < -0.39 is 0 Å². The summed E-state index contributed by atoms with van der Waals surface area (Å²) < 4.78 is 5.57. The standard InChI is InChI=1S/C16H22N2O2/c1-12(2)20-15-6-3-13(4-7-15)5-8-16(19)18-10-9-14(17)11-18/h3-8,12,14H,9-11,17H2,1-2H3/b8-5+/t14-/m1/s1. The number of ether oxygens (including phenoxy) is 1. The van der Waals surface area contributed by atoms with Crippen molar-refractivity contribution in [2.45, 2.75) is 32.4 Å². The van der Waals surface area contributed by atoms with Crippen LogP contribution in [0.4, 0.5) is 0 Å². The Morgan fingerprint density at radius 1 is 1.40 bits per heavy atom. The number of hydrogen-bond donors (Lipinski definition) is 1. The molecule has 1 aliphatic heterocycles. The van der Waals surface area contributed by atoms with Gasteiger partial charge in [-0.15, -0.1) is 0 Å². The number of nitrogens with two attached hydrogens (primary N) is 1. The summed E-state index contributed by atoms with van der Waals surface area (Å²) in [6.07, 6.45) is 4.49. The molecule has 0 radical (unpaired) electrons. The van der Waals surface area contributed by atoms with Gasteiger partial charge >= 0.3 is 0 Å². The van der Waals surface area contributed by atoms with Gasteiger partial charge in [-0.3, -0.25) is 4.79 Å². The van der Waals surface area contributed by atoms with Crippen LogP contribution in [0.1, 0.15) is 25.8 Å². The molecule has 1 saturated heterocycles. The van der Waals surface area contributed by atoms with E-state index in [1.807, 2.05) is 44.2 Å². The molecule has 20 heavy (non-hydrogen) atoms. The van der Waals surface area contributed by atoms with Crippen LogP contribution in [0, 0.1) is 0 Å². The van der Waals surface area contributed by atoms with Gasteiger partial charge in [0.25, 0.3) is 0 Å². The summed E-state index contributed by atoms with van der Waals surface area (Å²) in [7, 11) is 0. The fourth-order valence-corrected chi connectivity index (χ4v) is 2.19. The van der Waals surface area contributed by atoms with Crippen LogP contribution < -0.4 is 10.5 Å². The SMILES string of the molecule is CC(C)Oc1ccc(/C=C/C(=O)N2CC[C@@H](N)C2)cc1. The molecule has 1 aromatic rings. The predicted molar refractivity (Wildman–Crippen MR) is 80.4 cm³/mol. The molecule has 0 bridgehead atoms. The van der Waals surface area contributed by atoms with Gasteiger partial charge in [0.2, 0.25) is 5.91 Å². The highest BCUT2D eigenvalue weighted by atomic mass is 16.5. The molecule has 4 nitrogen and oxygen atoms in total. The van der Waals surface area contributed by atoms with Crippen LogP contribution in [-0.2, 0) is 4.79 Å². The third-order valence-electron chi connectivity index (χ3n) is 3.21. The van der Waals surface area contributed by atoms with Crippen molar-refractivity contribution >= 4 is 12.0 Å². The molecule has 0 aromatic heterocycles. The second kappa shape index (κ2) is 6.57. The first-order valence-corrected chi connectivity index (χ1v) is 7.04. The summed E-state index contributed by atoms with van der Waals surface area (Å²) in [6.45, 7) is 5.40. The lowest BCUT2D eigenvalue weighted by Gasteiger charge is -2.12. The Morgan fingerprint density at radius 2 is 2.10 bits per heavy atom. The predicted octanol–water partition coefficient (Wildman–Crippen LogP) is 2.05. The zero-order valence-corrected chi connectivity index (χ0v) is 12.1. The molecule has 1 aromatic carbocycles. The minimum absolute atomic E-state index is 0.0282. The summed E-state index contributed by atoms with van der Waals surface area (Å²) >= 11 is 0. The molecule has 1 heterocycles. The number of carbonyl (C=O) groups is 1. The molecule has 108 valence electrons. The van der Waals surface area contributed by atoms with E-state index in [2.05, 4.69) is 0 Å². The second-order valence-electron chi connectivity index (χ2n) is 5.40. The molecule has 2 N–H and O–H groups in total. The van der Waals surface area contributed by atoms with Gasteiger partial charge in [-0.25, -0.2) is 0 Å². The van der Waals surface area contributed by atoms with Crippen molar-refractivity contribution in [1.82, 2.24) is 4.90 Å². The summed E-state index contributed by atoms with van der Waals surface area (Å²) in [4.78, 5) is 13.7. The average molecular weight is 274 g/mol. The van der Waals surface area contributed by atoms with Gasteiger partial charge in [-0.1, -0.05) is 12.1 Å². The van der Waals surface area contributed by atoms with E-state index in [1.165, 1.54) is 0 Å². The molecule has 2 rings (SSSR count). The second-order valence-corrected chi connectivity index (χ2v) is 5.40. The van der Waals surface area contributed by atoms with E-state index in [0.717, 1.165) is 24.3 Å². The average Bonchev–Trinajstić information content (AvgIpc) is 2.84. The van der Waals surface area contributed by atoms with E-state index in [-0.39, 0.29) is 18.1 Å². The highest BCUT2D eigenvalue weighted by Crippen LogP contribution is 2.15. The lowest BCUT2D eigenvalue weighted by Crippen LogP contribution is -2.30. The van der Waals surface area contributed by atoms with Crippen molar-refractivity contribution in [3.8, 4) is 5.75 Å². The van der Waals surface area contributed by atoms with Crippen LogP contribution >= 0.6 is 0 Å². The van der Waals surface area contributed by atoms with Gasteiger partial charge in [0.15, 0.2) is 0 Å². The molecular weight excluding hydrogens is 252 g/mol. The lowest BCUT2D eigenvalue weighted by molar-refractivity contribution is -0.124. The van der Waals surface area contributed by atoms with Crippen molar-refractivity contribution in [1.29, 1.82) is 0 Å². The number of rotatable bonds is 4. The van der Waals surface area contributed by atoms with Crippen molar-refractivity contribution in [2.24, 2.45) is 5.73 Å². The number of benzene rings is 1. The lowest BCUT2D eigenvalue weighted by atomic mass is 10.2. The van der Waals surface area contributed by atoms with E-state index >= 15 is 0 Å². The van der Waals surface area contributed by atoms with E-state index in [0.29, 0.717) is 6.54 Å². The zero-order valence-electron chi connectivity index (χ0n) is 12.1. The summed E-state index contributed by atoms with van der Waals surface area (Å²) in [5.41, 5.74) is 6.78. The van der Waals surface area contributed by atoms with E-state index in [1.54, 1.807) is 11.0 Å². The number of nitrogens with zero attached hydrogens (tertiary/aromatic N) is 1. The first kappa shape index (κ1) is 14.6. The fraction of sp³-hybridized carbons (Fsp3) is 0.438. The molecule has 0 saturated carbocycles. The highest BCUT2D eigenvalue weighted by Gasteiger charge is 2.21. The van der Waals surface area contributed by atoms with E-state index in [4.69, 9.17) is 10.5 Å². The van der Waals surface area contributed by atoms with Crippen LogP contribution in [-0.4, -0.2) is 36.0 Å². The zero-order chi connectivity index (χ0) is 14.5. The van der Waals surface area contributed by atoms with Crippen molar-refractivity contribution in [2.75, 3.05) is 13.1 Å². The molecule has 1 atom stereocenters. The minimum atomic E-state index is 0.0282. The summed E-state index contributed by atoms with van der Waals surface area (Å²) in [5, 5.41) is 0.